The number of rotatable bonds is 10. The molecule has 1 aliphatic heterocycles. The Morgan fingerprint density at radius 2 is 1.51 bits per heavy atom. The molecule has 1 atom stereocenters. The van der Waals surface area contributed by atoms with Crippen molar-refractivity contribution in [2.75, 3.05) is 20.3 Å². The van der Waals surface area contributed by atoms with Crippen molar-refractivity contribution in [3.8, 4) is 17.2 Å². The lowest BCUT2D eigenvalue weighted by Gasteiger charge is -2.26. The van der Waals surface area contributed by atoms with E-state index in [4.69, 9.17) is 14.2 Å². The molecule has 0 aromatic heterocycles. The zero-order valence-electron chi connectivity index (χ0n) is 21.8. The molecule has 0 spiro atoms. The summed E-state index contributed by atoms with van der Waals surface area (Å²) in [7, 11) is 1.53. The van der Waals surface area contributed by atoms with Crippen molar-refractivity contribution in [1.29, 1.82) is 0 Å². The van der Waals surface area contributed by atoms with Gasteiger partial charge in [-0.25, -0.2) is 4.79 Å². The molecule has 4 rings (SSSR count). The Morgan fingerprint density at radius 1 is 0.872 bits per heavy atom. The number of aliphatic hydroxyl groups excluding tert-OH is 1. The number of benzene rings is 3. The first-order chi connectivity index (χ1) is 18.8. The van der Waals surface area contributed by atoms with Gasteiger partial charge < -0.3 is 29.3 Å². The van der Waals surface area contributed by atoms with Crippen LogP contribution in [0.15, 0.2) is 72.3 Å². The normalized spacial score (nSPS) is 16.3. The number of carboxylic acids is 1. The van der Waals surface area contributed by atoms with Crippen LogP contribution in [0.25, 0.3) is 5.76 Å². The van der Waals surface area contributed by atoms with Crippen LogP contribution in [0.4, 0.5) is 0 Å². The van der Waals surface area contributed by atoms with Crippen molar-refractivity contribution in [2.24, 2.45) is 0 Å². The number of carbonyl (C=O) groups is 3. The van der Waals surface area contributed by atoms with Crippen molar-refractivity contribution < 1.29 is 38.8 Å². The van der Waals surface area contributed by atoms with Gasteiger partial charge in [0, 0.05) is 12.6 Å². The molecule has 1 saturated heterocycles. The van der Waals surface area contributed by atoms with Gasteiger partial charge in [-0.3, -0.25) is 9.59 Å². The maximum Gasteiger partial charge on any atom is 0.335 e. The van der Waals surface area contributed by atoms with Crippen LogP contribution >= 0.6 is 0 Å². The Bertz CT molecular complexity index is 1410. The fourth-order valence-electron chi connectivity index (χ4n) is 4.50. The van der Waals surface area contributed by atoms with Gasteiger partial charge in [0.1, 0.15) is 23.0 Å². The molecule has 9 heteroatoms. The van der Waals surface area contributed by atoms with Gasteiger partial charge in [0.05, 0.1) is 43.1 Å². The molecule has 0 radical (unpaired) electrons. The van der Waals surface area contributed by atoms with Gasteiger partial charge in [0.25, 0.3) is 11.7 Å². The Hall–Kier alpha value is -4.79. The zero-order chi connectivity index (χ0) is 28.1. The highest BCUT2D eigenvalue weighted by Gasteiger charge is 2.46. The number of hydrogen-bond donors (Lipinski definition) is 2. The Morgan fingerprint density at radius 3 is 2.10 bits per heavy atom. The lowest BCUT2D eigenvalue weighted by atomic mass is 9.94. The highest BCUT2D eigenvalue weighted by molar-refractivity contribution is 6.46. The van der Waals surface area contributed by atoms with Crippen LogP contribution in [0.3, 0.4) is 0 Å². The van der Waals surface area contributed by atoms with Crippen LogP contribution in [-0.4, -0.2) is 53.1 Å². The fourth-order valence-corrected chi connectivity index (χ4v) is 4.50. The second-order valence-electron chi connectivity index (χ2n) is 8.73. The number of hydrogen-bond acceptors (Lipinski definition) is 7. The van der Waals surface area contributed by atoms with E-state index >= 15 is 0 Å². The second kappa shape index (κ2) is 11.7. The van der Waals surface area contributed by atoms with E-state index in [0.29, 0.717) is 41.6 Å². The summed E-state index contributed by atoms with van der Waals surface area (Å²) >= 11 is 0. The molecular weight excluding hydrogens is 502 g/mol. The van der Waals surface area contributed by atoms with E-state index in [1.807, 2.05) is 6.92 Å². The third kappa shape index (κ3) is 5.57. The van der Waals surface area contributed by atoms with Crippen LogP contribution in [0.5, 0.6) is 17.2 Å². The number of carbonyl (C=O) groups excluding carboxylic acids is 2. The number of likely N-dealkylation sites (tertiary alicyclic amines) is 1. The van der Waals surface area contributed by atoms with Gasteiger partial charge in [-0.05, 0) is 61.4 Å². The van der Waals surface area contributed by atoms with Gasteiger partial charge in [0.15, 0.2) is 0 Å². The minimum absolute atomic E-state index is 0.0134. The van der Waals surface area contributed by atoms with E-state index in [1.54, 1.807) is 61.5 Å². The molecule has 39 heavy (non-hydrogen) atoms. The number of carboxylic acid groups (broad SMARTS) is 1. The van der Waals surface area contributed by atoms with Crippen molar-refractivity contribution >= 4 is 23.4 Å². The number of ketones is 1. The summed E-state index contributed by atoms with van der Waals surface area (Å²) in [6, 6.07) is 16.9. The first kappa shape index (κ1) is 27.3. The number of aliphatic hydroxyl groups is 1. The van der Waals surface area contributed by atoms with Crippen molar-refractivity contribution in [3.63, 3.8) is 0 Å². The molecule has 3 aromatic rings. The summed E-state index contributed by atoms with van der Waals surface area (Å²) < 4.78 is 16.6. The fraction of sp³-hybridized carbons (Fsp3) is 0.233. The lowest BCUT2D eigenvalue weighted by molar-refractivity contribution is -0.140. The van der Waals surface area contributed by atoms with Gasteiger partial charge in [-0.1, -0.05) is 24.3 Å². The molecule has 0 bridgehead atoms. The SMILES string of the molecule is CCOc1ccc(/C(O)=C2/C(=O)C(=O)N(Cc3ccc(C(=O)O)cc3)C2c2ccc(OC)cc2)c(OCC)c1. The van der Waals surface area contributed by atoms with Gasteiger partial charge in [-0.15, -0.1) is 0 Å². The molecule has 2 N–H and O–H groups in total. The summed E-state index contributed by atoms with van der Waals surface area (Å²) in [4.78, 5) is 39.4. The quantitative estimate of drug-likeness (QED) is 0.217. The molecular formula is C30H29NO8. The Balaban J connectivity index is 1.85. The molecule has 0 saturated carbocycles. The number of amides is 1. The standard InChI is InChI=1S/C30H29NO8/c1-4-38-22-14-15-23(24(16-22)39-5-2)27(32)25-26(19-10-12-21(37-3)13-11-19)31(29(34)28(25)33)17-18-6-8-20(9-7-18)30(35)36/h6-16,26,32H,4-5,17H2,1-3H3,(H,35,36)/b27-25-. The van der Waals surface area contributed by atoms with E-state index < -0.39 is 23.7 Å². The average molecular weight is 532 g/mol. The van der Waals surface area contributed by atoms with Crippen LogP contribution in [0.2, 0.25) is 0 Å². The third-order valence-electron chi connectivity index (χ3n) is 6.34. The number of ether oxygens (including phenoxy) is 3. The maximum absolute atomic E-state index is 13.4. The summed E-state index contributed by atoms with van der Waals surface area (Å²) in [6.07, 6.45) is 0. The second-order valence-corrected chi connectivity index (χ2v) is 8.73. The van der Waals surface area contributed by atoms with Gasteiger partial charge in [0.2, 0.25) is 0 Å². The largest absolute Gasteiger partial charge is 0.507 e. The Kier molecular flexibility index (Phi) is 8.19. The predicted octanol–water partition coefficient (Wildman–Crippen LogP) is 4.81. The number of aromatic carboxylic acids is 1. The highest BCUT2D eigenvalue weighted by atomic mass is 16.5. The molecule has 1 aliphatic rings. The molecule has 202 valence electrons. The number of Topliss-reactive ketones (excluding diaryl/α,β-unsaturated/α-hetero) is 1. The van der Waals surface area contributed by atoms with Crippen molar-refractivity contribution in [2.45, 2.75) is 26.4 Å². The number of methoxy groups -OCH3 is 1. The van der Waals surface area contributed by atoms with E-state index in [0.717, 1.165) is 0 Å². The topological polar surface area (TPSA) is 123 Å². The van der Waals surface area contributed by atoms with Crippen molar-refractivity contribution in [3.05, 3.63) is 94.6 Å². The highest BCUT2D eigenvalue weighted by Crippen LogP contribution is 2.42. The van der Waals surface area contributed by atoms with Gasteiger partial charge >= 0.3 is 5.97 Å². The van der Waals surface area contributed by atoms with E-state index in [-0.39, 0.29) is 29.0 Å². The summed E-state index contributed by atoms with van der Waals surface area (Å²) in [5, 5.41) is 20.7. The maximum atomic E-state index is 13.4. The first-order valence-electron chi connectivity index (χ1n) is 12.4. The monoisotopic (exact) mass is 531 g/mol. The summed E-state index contributed by atoms with van der Waals surface area (Å²) in [6.45, 7) is 4.40. The lowest BCUT2D eigenvalue weighted by Crippen LogP contribution is -2.29. The molecule has 1 fully saturated rings. The molecule has 3 aromatic carbocycles. The molecule has 1 amide bonds. The van der Waals surface area contributed by atoms with Crippen LogP contribution in [0.1, 0.15) is 46.9 Å². The molecule has 1 heterocycles. The van der Waals surface area contributed by atoms with E-state index in [9.17, 15) is 24.6 Å². The van der Waals surface area contributed by atoms with Crippen molar-refractivity contribution in [1.82, 2.24) is 4.90 Å². The van der Waals surface area contributed by atoms with Crippen LogP contribution in [0, 0.1) is 0 Å². The van der Waals surface area contributed by atoms with Gasteiger partial charge in [-0.2, -0.15) is 0 Å². The molecule has 0 aliphatic carbocycles. The minimum Gasteiger partial charge on any atom is -0.507 e. The molecule has 9 nitrogen and oxygen atoms in total. The first-order valence-corrected chi connectivity index (χ1v) is 12.4. The van der Waals surface area contributed by atoms with E-state index in [1.165, 1.54) is 24.1 Å². The van der Waals surface area contributed by atoms with Crippen LogP contribution < -0.4 is 14.2 Å². The summed E-state index contributed by atoms with van der Waals surface area (Å²) in [5.74, 6) is -1.63. The van der Waals surface area contributed by atoms with Crippen LogP contribution in [-0.2, 0) is 16.1 Å². The predicted molar refractivity (Wildman–Crippen MR) is 143 cm³/mol. The Labute approximate surface area is 225 Å². The summed E-state index contributed by atoms with van der Waals surface area (Å²) in [5.41, 5.74) is 1.48. The molecule has 1 unspecified atom stereocenters. The smallest absolute Gasteiger partial charge is 0.335 e. The zero-order valence-corrected chi connectivity index (χ0v) is 21.8. The minimum atomic E-state index is -1.07. The van der Waals surface area contributed by atoms with E-state index in [2.05, 4.69) is 0 Å². The average Bonchev–Trinajstić information content (AvgIpc) is 3.18. The third-order valence-corrected chi connectivity index (χ3v) is 6.34. The number of nitrogens with zero attached hydrogens (tertiary/aromatic N) is 1.